The van der Waals surface area contributed by atoms with E-state index in [0.29, 0.717) is 6.54 Å². The molecule has 0 atom stereocenters. The van der Waals surface area contributed by atoms with Gasteiger partial charge in [-0.1, -0.05) is 6.07 Å². The van der Waals surface area contributed by atoms with Crippen molar-refractivity contribution in [3.05, 3.63) is 47.3 Å². The van der Waals surface area contributed by atoms with Gasteiger partial charge in [-0.05, 0) is 31.5 Å². The fourth-order valence-corrected chi connectivity index (χ4v) is 1.53. The summed E-state index contributed by atoms with van der Waals surface area (Å²) in [5, 5.41) is 3.17. The van der Waals surface area contributed by atoms with Gasteiger partial charge < -0.3 is 10.3 Å². The topological polar surface area (TPSA) is 40.7 Å². The van der Waals surface area contributed by atoms with E-state index in [-0.39, 0.29) is 5.82 Å². The molecule has 0 radical (unpaired) electrons. The molecule has 84 valence electrons. The second-order valence-corrected chi connectivity index (χ2v) is 3.79. The monoisotopic (exact) mass is 219 g/mol. The summed E-state index contributed by atoms with van der Waals surface area (Å²) < 4.78 is 13.0. The average Bonchev–Trinajstić information content (AvgIpc) is 2.66. The minimum absolute atomic E-state index is 0.230. The van der Waals surface area contributed by atoms with Crippen LogP contribution in [0.4, 0.5) is 10.1 Å². The molecule has 0 aliphatic carbocycles. The summed E-state index contributed by atoms with van der Waals surface area (Å²) in [5.41, 5.74) is 3.81. The third-order valence-corrected chi connectivity index (χ3v) is 2.58. The Kier molecular flexibility index (Phi) is 2.90. The van der Waals surface area contributed by atoms with Crippen LogP contribution in [-0.2, 0) is 6.54 Å². The Labute approximate surface area is 93.7 Å². The van der Waals surface area contributed by atoms with Crippen molar-refractivity contribution in [1.82, 2.24) is 9.97 Å². The zero-order valence-electron chi connectivity index (χ0n) is 9.34. The van der Waals surface area contributed by atoms with E-state index < -0.39 is 0 Å². The second-order valence-electron chi connectivity index (χ2n) is 3.79. The van der Waals surface area contributed by atoms with E-state index in [2.05, 4.69) is 15.3 Å². The Bertz CT molecular complexity index is 491. The SMILES string of the molecule is Cc1ccc(F)cc1NCc1nc[nH]c1C. The van der Waals surface area contributed by atoms with Crippen LogP contribution >= 0.6 is 0 Å². The van der Waals surface area contributed by atoms with Crippen LogP contribution in [0, 0.1) is 19.7 Å². The number of aromatic amines is 1. The molecule has 1 aromatic carbocycles. The predicted octanol–water partition coefficient (Wildman–Crippen LogP) is 2.78. The van der Waals surface area contributed by atoms with Crippen LogP contribution in [0.3, 0.4) is 0 Å². The number of aryl methyl sites for hydroxylation is 2. The zero-order chi connectivity index (χ0) is 11.5. The highest BCUT2D eigenvalue weighted by Gasteiger charge is 2.03. The number of hydrogen-bond donors (Lipinski definition) is 2. The van der Waals surface area contributed by atoms with Crippen molar-refractivity contribution >= 4 is 5.69 Å². The lowest BCUT2D eigenvalue weighted by Gasteiger charge is -2.08. The van der Waals surface area contributed by atoms with Crippen LogP contribution < -0.4 is 5.32 Å². The number of benzene rings is 1. The lowest BCUT2D eigenvalue weighted by atomic mass is 10.2. The Hall–Kier alpha value is -1.84. The normalized spacial score (nSPS) is 10.4. The van der Waals surface area contributed by atoms with Gasteiger partial charge in [0.05, 0.1) is 18.6 Å². The van der Waals surface area contributed by atoms with Crippen molar-refractivity contribution in [2.24, 2.45) is 0 Å². The number of nitrogens with zero attached hydrogens (tertiary/aromatic N) is 1. The summed E-state index contributed by atoms with van der Waals surface area (Å²) in [6.45, 7) is 4.50. The summed E-state index contributed by atoms with van der Waals surface area (Å²) in [5.74, 6) is -0.230. The number of hydrogen-bond acceptors (Lipinski definition) is 2. The number of anilines is 1. The van der Waals surface area contributed by atoms with E-state index in [1.807, 2.05) is 13.8 Å². The van der Waals surface area contributed by atoms with Crippen LogP contribution in [-0.4, -0.2) is 9.97 Å². The lowest BCUT2D eigenvalue weighted by molar-refractivity contribution is 0.628. The van der Waals surface area contributed by atoms with Crippen molar-refractivity contribution in [3.8, 4) is 0 Å². The highest BCUT2D eigenvalue weighted by Crippen LogP contribution is 2.17. The van der Waals surface area contributed by atoms with E-state index >= 15 is 0 Å². The number of nitrogens with one attached hydrogen (secondary N) is 2. The molecule has 2 aromatic rings. The first kappa shape index (κ1) is 10.7. The molecule has 4 heteroatoms. The first-order chi connectivity index (χ1) is 7.66. The highest BCUT2D eigenvalue weighted by molar-refractivity contribution is 5.50. The van der Waals surface area contributed by atoms with Gasteiger partial charge in [0.25, 0.3) is 0 Å². The predicted molar refractivity (Wildman–Crippen MR) is 61.8 cm³/mol. The molecule has 2 N–H and O–H groups in total. The zero-order valence-corrected chi connectivity index (χ0v) is 9.34. The van der Waals surface area contributed by atoms with Crippen molar-refractivity contribution in [1.29, 1.82) is 0 Å². The largest absolute Gasteiger partial charge is 0.379 e. The van der Waals surface area contributed by atoms with Crippen molar-refractivity contribution in [2.45, 2.75) is 20.4 Å². The first-order valence-corrected chi connectivity index (χ1v) is 5.15. The Morgan fingerprint density at radius 2 is 2.19 bits per heavy atom. The number of rotatable bonds is 3. The van der Waals surface area contributed by atoms with Crippen molar-refractivity contribution < 1.29 is 4.39 Å². The molecule has 16 heavy (non-hydrogen) atoms. The fourth-order valence-electron chi connectivity index (χ4n) is 1.53. The molecule has 0 spiro atoms. The Balaban J connectivity index is 2.10. The van der Waals surface area contributed by atoms with Gasteiger partial charge in [0.15, 0.2) is 0 Å². The first-order valence-electron chi connectivity index (χ1n) is 5.15. The standard InChI is InChI=1S/C12H14FN3/c1-8-3-4-10(13)5-11(8)14-6-12-9(2)15-7-16-12/h3-5,7,14H,6H2,1-2H3,(H,15,16). The van der Waals surface area contributed by atoms with Gasteiger partial charge in [-0.2, -0.15) is 0 Å². The molecule has 0 saturated carbocycles. The van der Waals surface area contributed by atoms with Gasteiger partial charge in [0.2, 0.25) is 0 Å². The van der Waals surface area contributed by atoms with Gasteiger partial charge in [-0.15, -0.1) is 0 Å². The minimum atomic E-state index is -0.230. The summed E-state index contributed by atoms with van der Waals surface area (Å²) in [6.07, 6.45) is 1.66. The third-order valence-electron chi connectivity index (χ3n) is 2.58. The molecule has 0 saturated heterocycles. The molecular formula is C12H14FN3. The molecule has 0 bridgehead atoms. The van der Waals surface area contributed by atoms with Crippen LogP contribution in [0.2, 0.25) is 0 Å². The van der Waals surface area contributed by atoms with Crippen molar-refractivity contribution in [2.75, 3.05) is 5.32 Å². The minimum Gasteiger partial charge on any atom is -0.379 e. The maximum atomic E-state index is 13.0. The summed E-state index contributed by atoms with van der Waals surface area (Å²) >= 11 is 0. The summed E-state index contributed by atoms with van der Waals surface area (Å²) in [6, 6.07) is 4.71. The Morgan fingerprint density at radius 3 is 2.88 bits per heavy atom. The van der Waals surface area contributed by atoms with Crippen LogP contribution in [0.5, 0.6) is 0 Å². The van der Waals surface area contributed by atoms with Gasteiger partial charge in [-0.25, -0.2) is 9.37 Å². The van der Waals surface area contributed by atoms with Gasteiger partial charge in [0, 0.05) is 11.4 Å². The second kappa shape index (κ2) is 4.35. The smallest absolute Gasteiger partial charge is 0.125 e. The maximum absolute atomic E-state index is 13.0. The van der Waals surface area contributed by atoms with Gasteiger partial charge in [0.1, 0.15) is 5.82 Å². The summed E-state index contributed by atoms with van der Waals surface area (Å²) in [4.78, 5) is 7.18. The molecule has 1 aromatic heterocycles. The molecule has 3 nitrogen and oxygen atoms in total. The van der Waals surface area contributed by atoms with Gasteiger partial charge >= 0.3 is 0 Å². The van der Waals surface area contributed by atoms with E-state index in [0.717, 1.165) is 22.6 Å². The summed E-state index contributed by atoms with van der Waals surface area (Å²) in [7, 11) is 0. The third kappa shape index (κ3) is 2.21. The number of imidazole rings is 1. The molecule has 2 rings (SSSR count). The van der Waals surface area contributed by atoms with Crippen LogP contribution in [0.25, 0.3) is 0 Å². The molecule has 0 aliphatic heterocycles. The van der Waals surface area contributed by atoms with Crippen molar-refractivity contribution in [3.63, 3.8) is 0 Å². The van der Waals surface area contributed by atoms with E-state index in [9.17, 15) is 4.39 Å². The molecule has 0 amide bonds. The number of H-pyrrole nitrogens is 1. The number of aromatic nitrogens is 2. The molecule has 0 aliphatic rings. The molecule has 0 fully saturated rings. The molecule has 0 unspecified atom stereocenters. The average molecular weight is 219 g/mol. The number of halogens is 1. The molecular weight excluding hydrogens is 205 g/mol. The van der Waals surface area contributed by atoms with Gasteiger partial charge in [-0.3, -0.25) is 0 Å². The quantitative estimate of drug-likeness (QED) is 0.833. The van der Waals surface area contributed by atoms with E-state index in [1.165, 1.54) is 12.1 Å². The van der Waals surface area contributed by atoms with Crippen LogP contribution in [0.1, 0.15) is 17.0 Å². The lowest BCUT2D eigenvalue weighted by Crippen LogP contribution is -2.03. The Morgan fingerprint density at radius 1 is 1.38 bits per heavy atom. The van der Waals surface area contributed by atoms with E-state index in [4.69, 9.17) is 0 Å². The van der Waals surface area contributed by atoms with E-state index in [1.54, 1.807) is 12.4 Å². The maximum Gasteiger partial charge on any atom is 0.125 e. The van der Waals surface area contributed by atoms with Crippen LogP contribution in [0.15, 0.2) is 24.5 Å². The molecule has 1 heterocycles. The highest BCUT2D eigenvalue weighted by atomic mass is 19.1. The fraction of sp³-hybridized carbons (Fsp3) is 0.250.